The molecule has 1 aliphatic carbocycles. The molecular formula is C7H10ClN3. The summed E-state index contributed by atoms with van der Waals surface area (Å²) >= 11 is 0. The first kappa shape index (κ1) is 8.27. The van der Waals surface area contributed by atoms with Crippen LogP contribution in [0.4, 0.5) is 5.82 Å². The van der Waals surface area contributed by atoms with Crippen molar-refractivity contribution < 1.29 is 13.8 Å². The van der Waals surface area contributed by atoms with Crippen molar-refractivity contribution in [2.24, 2.45) is 0 Å². The molecule has 0 amide bonds. The Hall–Kier alpha value is -0.830. The van der Waals surface area contributed by atoms with E-state index in [2.05, 4.69) is 9.97 Å². The van der Waals surface area contributed by atoms with Gasteiger partial charge in [0, 0.05) is 11.3 Å². The maximum atomic E-state index is 5.62. The van der Waals surface area contributed by atoms with Crippen molar-refractivity contribution in [2.75, 3.05) is 5.73 Å². The molecule has 1 aromatic heterocycles. The van der Waals surface area contributed by atoms with Crippen LogP contribution < -0.4 is 18.1 Å². The number of hydrogen-bond acceptors (Lipinski definition) is 3. The Morgan fingerprint density at radius 2 is 2.18 bits per heavy atom. The van der Waals surface area contributed by atoms with Gasteiger partial charge in [0.25, 0.3) is 0 Å². The average Bonchev–Trinajstić information content (AvgIpc) is 2.36. The van der Waals surface area contributed by atoms with Crippen molar-refractivity contribution >= 4 is 5.82 Å². The molecule has 4 heteroatoms. The summed E-state index contributed by atoms with van der Waals surface area (Å²) in [5.74, 6) is 0.669. The lowest BCUT2D eigenvalue weighted by atomic mass is 10.2. The molecule has 1 heterocycles. The van der Waals surface area contributed by atoms with Crippen molar-refractivity contribution in [3.8, 4) is 0 Å². The monoisotopic (exact) mass is 171 g/mol. The maximum Gasteiger partial charge on any atom is 1.00 e. The van der Waals surface area contributed by atoms with Gasteiger partial charge >= 0.3 is 1.43 Å². The summed E-state index contributed by atoms with van der Waals surface area (Å²) in [6.45, 7) is 0. The first-order chi connectivity index (χ1) is 4.88. The molecule has 0 saturated heterocycles. The molecule has 2 rings (SSSR count). The molecule has 1 aliphatic rings. The summed E-state index contributed by atoms with van der Waals surface area (Å²) in [6.07, 6.45) is 4.85. The lowest BCUT2D eigenvalue weighted by molar-refractivity contribution is -0.00000226. The minimum atomic E-state index is 0. The van der Waals surface area contributed by atoms with Crippen LogP contribution in [0.25, 0.3) is 0 Å². The fourth-order valence-electron chi connectivity index (χ4n) is 1.38. The third kappa shape index (κ3) is 1.28. The molecule has 0 bridgehead atoms. The van der Waals surface area contributed by atoms with Crippen LogP contribution in [-0.2, 0) is 12.8 Å². The molecule has 60 valence electrons. The highest BCUT2D eigenvalue weighted by Gasteiger charge is 2.14. The van der Waals surface area contributed by atoms with Gasteiger partial charge in [-0.15, -0.1) is 0 Å². The maximum absolute atomic E-state index is 5.62. The van der Waals surface area contributed by atoms with E-state index in [4.69, 9.17) is 5.73 Å². The molecule has 1 aromatic rings. The standard InChI is InChI=1S/C7H9N3.ClH/c8-7-5-2-1-3-6(5)9-4-10-7;/h4H,1-3H2,(H2,8,9,10);1H. The number of nitrogens with two attached hydrogens (primary N) is 1. The molecule has 0 saturated carbocycles. The van der Waals surface area contributed by atoms with Gasteiger partial charge in [0.1, 0.15) is 12.1 Å². The molecule has 0 atom stereocenters. The Morgan fingerprint density at radius 1 is 1.36 bits per heavy atom. The number of nitrogens with zero attached hydrogens (tertiary/aromatic N) is 2. The predicted molar refractivity (Wildman–Crippen MR) is 39.6 cm³/mol. The second-order valence-corrected chi connectivity index (χ2v) is 2.54. The largest absolute Gasteiger partial charge is 1.00 e. The van der Waals surface area contributed by atoms with Crippen LogP contribution in [-0.4, -0.2) is 9.97 Å². The summed E-state index contributed by atoms with van der Waals surface area (Å²) in [5, 5.41) is 0. The normalized spacial score (nSPS) is 13.8. The van der Waals surface area contributed by atoms with Crippen molar-refractivity contribution in [2.45, 2.75) is 19.3 Å². The first-order valence-corrected chi connectivity index (χ1v) is 3.46. The SMILES string of the molecule is Nc1ncnc2c1CCC2.[Cl-].[H+]. The summed E-state index contributed by atoms with van der Waals surface area (Å²) in [7, 11) is 0. The summed E-state index contributed by atoms with van der Waals surface area (Å²) in [6, 6.07) is 0. The van der Waals surface area contributed by atoms with Crippen LogP contribution in [0.1, 0.15) is 19.1 Å². The molecule has 0 radical (unpaired) electrons. The number of nitrogen functional groups attached to an aromatic ring is 1. The van der Waals surface area contributed by atoms with Crippen LogP contribution in [0.5, 0.6) is 0 Å². The zero-order valence-electron chi connectivity index (χ0n) is 7.05. The molecular weight excluding hydrogens is 162 g/mol. The molecule has 0 fully saturated rings. The number of anilines is 1. The average molecular weight is 172 g/mol. The fraction of sp³-hybridized carbons (Fsp3) is 0.429. The first-order valence-electron chi connectivity index (χ1n) is 3.46. The quantitative estimate of drug-likeness (QED) is 0.476. The lowest BCUT2D eigenvalue weighted by Gasteiger charge is -1.98. The van der Waals surface area contributed by atoms with Gasteiger partial charge in [0.05, 0.1) is 0 Å². The van der Waals surface area contributed by atoms with Gasteiger partial charge in [-0.25, -0.2) is 9.97 Å². The van der Waals surface area contributed by atoms with Gasteiger partial charge < -0.3 is 18.1 Å². The smallest absolute Gasteiger partial charge is 1.00 e. The zero-order chi connectivity index (χ0) is 6.97. The summed E-state index contributed by atoms with van der Waals surface area (Å²) in [5.41, 5.74) is 7.94. The second kappa shape index (κ2) is 3.05. The topological polar surface area (TPSA) is 51.8 Å². The van der Waals surface area contributed by atoms with Crippen LogP contribution in [0.15, 0.2) is 6.33 Å². The van der Waals surface area contributed by atoms with Crippen molar-refractivity contribution in [3.05, 3.63) is 17.6 Å². The van der Waals surface area contributed by atoms with Gasteiger partial charge in [-0.2, -0.15) is 0 Å². The zero-order valence-corrected chi connectivity index (χ0v) is 6.80. The minimum Gasteiger partial charge on any atom is -1.00 e. The van der Waals surface area contributed by atoms with E-state index in [1.807, 2.05) is 0 Å². The third-order valence-electron chi connectivity index (χ3n) is 1.91. The van der Waals surface area contributed by atoms with Crippen molar-refractivity contribution in [3.63, 3.8) is 0 Å². The van der Waals surface area contributed by atoms with Gasteiger partial charge in [-0.05, 0) is 19.3 Å². The number of hydrogen-bond donors (Lipinski definition) is 1. The van der Waals surface area contributed by atoms with Crippen molar-refractivity contribution in [1.82, 2.24) is 9.97 Å². The molecule has 11 heavy (non-hydrogen) atoms. The van der Waals surface area contributed by atoms with Gasteiger partial charge in [-0.3, -0.25) is 0 Å². The molecule has 0 unspecified atom stereocenters. The van der Waals surface area contributed by atoms with E-state index in [9.17, 15) is 0 Å². The molecule has 0 aromatic carbocycles. The van der Waals surface area contributed by atoms with Gasteiger partial charge in [0.2, 0.25) is 0 Å². The molecule has 2 N–H and O–H groups in total. The van der Waals surface area contributed by atoms with E-state index in [1.165, 1.54) is 12.0 Å². The predicted octanol–water partition coefficient (Wildman–Crippen LogP) is -2.34. The van der Waals surface area contributed by atoms with Crippen LogP contribution in [0, 0.1) is 0 Å². The molecule has 3 nitrogen and oxygen atoms in total. The van der Waals surface area contributed by atoms with Crippen LogP contribution in [0.3, 0.4) is 0 Å². The van der Waals surface area contributed by atoms with E-state index in [0.29, 0.717) is 5.82 Å². The number of aryl methyl sites for hydroxylation is 1. The van der Waals surface area contributed by atoms with E-state index < -0.39 is 0 Å². The third-order valence-corrected chi connectivity index (χ3v) is 1.91. The van der Waals surface area contributed by atoms with E-state index >= 15 is 0 Å². The Bertz CT molecular complexity index is 267. The van der Waals surface area contributed by atoms with E-state index in [-0.39, 0.29) is 13.8 Å². The van der Waals surface area contributed by atoms with Gasteiger partial charge in [0.15, 0.2) is 0 Å². The Morgan fingerprint density at radius 3 is 2.91 bits per heavy atom. The highest BCUT2D eigenvalue weighted by atomic mass is 35.5. The summed E-state index contributed by atoms with van der Waals surface area (Å²) < 4.78 is 0. The van der Waals surface area contributed by atoms with E-state index in [0.717, 1.165) is 18.5 Å². The molecule has 0 aliphatic heterocycles. The number of aromatic nitrogens is 2. The molecule has 0 spiro atoms. The van der Waals surface area contributed by atoms with Crippen LogP contribution in [0.2, 0.25) is 0 Å². The minimum absolute atomic E-state index is 0. The Labute approximate surface area is 72.9 Å². The number of halogens is 1. The summed E-state index contributed by atoms with van der Waals surface area (Å²) in [4.78, 5) is 8.05. The Balaban J connectivity index is 0.000000605. The second-order valence-electron chi connectivity index (χ2n) is 2.54. The highest BCUT2D eigenvalue weighted by Crippen LogP contribution is 2.22. The number of rotatable bonds is 0. The highest BCUT2D eigenvalue weighted by molar-refractivity contribution is 5.43. The fourth-order valence-corrected chi connectivity index (χ4v) is 1.38. The van der Waals surface area contributed by atoms with Crippen LogP contribution >= 0.6 is 0 Å². The lowest BCUT2D eigenvalue weighted by Crippen LogP contribution is -3.00. The van der Waals surface area contributed by atoms with Crippen molar-refractivity contribution in [1.29, 1.82) is 0 Å². The van der Waals surface area contributed by atoms with E-state index in [1.54, 1.807) is 6.33 Å². The Kier molecular flexibility index (Phi) is 2.29. The number of fused-ring (bicyclic) bond motifs is 1. The van der Waals surface area contributed by atoms with Gasteiger partial charge in [-0.1, -0.05) is 0 Å².